The third-order valence-electron chi connectivity index (χ3n) is 6.75. The number of primary amides is 1. The van der Waals surface area contributed by atoms with Crippen LogP contribution in [0.5, 0.6) is 5.75 Å². The zero-order valence-corrected chi connectivity index (χ0v) is 23.0. The van der Waals surface area contributed by atoms with E-state index in [0.717, 1.165) is 11.3 Å². The number of nitrogens with zero attached hydrogens (tertiary/aromatic N) is 4. The number of nitrogens with one attached hydrogen (secondary N) is 2. The largest absolute Gasteiger partial charge is 0.488 e. The number of amides is 3. The number of hydrogen-bond donors (Lipinski definition) is 3. The monoisotopic (exact) mass is 557 g/mol. The molecule has 0 fully saturated rings. The van der Waals surface area contributed by atoms with Crippen LogP contribution in [-0.2, 0) is 23.4 Å². The van der Waals surface area contributed by atoms with E-state index >= 15 is 0 Å². The Morgan fingerprint density at radius 2 is 1.98 bits per heavy atom. The van der Waals surface area contributed by atoms with Crippen LogP contribution in [0.25, 0.3) is 11.0 Å². The van der Waals surface area contributed by atoms with Gasteiger partial charge in [0.25, 0.3) is 5.91 Å². The second kappa shape index (κ2) is 11.2. The van der Waals surface area contributed by atoms with Crippen molar-refractivity contribution in [2.24, 2.45) is 5.73 Å². The highest BCUT2D eigenvalue weighted by atomic mass is 16.5. The molecule has 0 saturated carbocycles. The average Bonchev–Trinajstić information content (AvgIpc) is 3.53. The number of benzene rings is 2. The summed E-state index contributed by atoms with van der Waals surface area (Å²) in [6.45, 7) is 6.69. The molecular formula is C29H31N7O5. The van der Waals surface area contributed by atoms with E-state index in [0.29, 0.717) is 29.0 Å². The van der Waals surface area contributed by atoms with Crippen LogP contribution >= 0.6 is 0 Å². The molecule has 3 heterocycles. The van der Waals surface area contributed by atoms with Crippen LogP contribution in [0, 0.1) is 6.92 Å². The van der Waals surface area contributed by atoms with Gasteiger partial charge in [0, 0.05) is 18.7 Å². The summed E-state index contributed by atoms with van der Waals surface area (Å²) < 4.78 is 14.8. The van der Waals surface area contributed by atoms with Crippen LogP contribution in [0.15, 0.2) is 60.7 Å². The number of aromatic nitrogens is 4. The molecule has 212 valence electrons. The van der Waals surface area contributed by atoms with Crippen molar-refractivity contribution in [3.63, 3.8) is 0 Å². The number of ether oxygens (including phenoxy) is 2. The first kappa shape index (κ1) is 27.4. The highest BCUT2D eigenvalue weighted by Crippen LogP contribution is 2.40. The summed E-state index contributed by atoms with van der Waals surface area (Å²) in [5.41, 5.74) is 8.00. The third kappa shape index (κ3) is 5.62. The van der Waals surface area contributed by atoms with E-state index in [2.05, 4.69) is 20.7 Å². The minimum Gasteiger partial charge on any atom is -0.488 e. The van der Waals surface area contributed by atoms with Gasteiger partial charge in [-0.15, -0.1) is 0 Å². The molecule has 3 amide bonds. The highest BCUT2D eigenvalue weighted by molar-refractivity contribution is 6.04. The molecule has 12 heteroatoms. The summed E-state index contributed by atoms with van der Waals surface area (Å²) >= 11 is 0. The number of imidazole rings is 1. The van der Waals surface area contributed by atoms with E-state index < -0.39 is 17.5 Å². The number of carbonyl (C=O) groups excluding carboxylic acids is 3. The lowest BCUT2D eigenvalue weighted by molar-refractivity contribution is 0.0995. The SMILES string of the molecule is CCn1nc(C)cc1C(=O)Nc1nc2cc(C(N)=O)cc3c2n1[C@@](C)(/C=C/CNC(=O)OCc1ccccc1)CO3. The molecule has 2 aromatic carbocycles. The van der Waals surface area contributed by atoms with Gasteiger partial charge in [-0.3, -0.25) is 24.2 Å². The molecule has 0 bridgehead atoms. The summed E-state index contributed by atoms with van der Waals surface area (Å²) in [7, 11) is 0. The Hall–Kier alpha value is -5.13. The molecule has 41 heavy (non-hydrogen) atoms. The number of anilines is 1. The van der Waals surface area contributed by atoms with E-state index in [4.69, 9.17) is 15.2 Å². The van der Waals surface area contributed by atoms with Gasteiger partial charge in [-0.1, -0.05) is 42.5 Å². The number of aryl methyl sites for hydroxylation is 2. The maximum atomic E-state index is 13.3. The summed E-state index contributed by atoms with van der Waals surface area (Å²) in [5.74, 6) is -0.309. The van der Waals surface area contributed by atoms with E-state index in [1.54, 1.807) is 29.0 Å². The Labute approximate surface area is 236 Å². The Balaban J connectivity index is 1.40. The lowest BCUT2D eigenvalue weighted by Gasteiger charge is -2.34. The lowest BCUT2D eigenvalue weighted by atomic mass is 9.99. The summed E-state index contributed by atoms with van der Waals surface area (Å²) in [5, 5.41) is 9.98. The lowest BCUT2D eigenvalue weighted by Crippen LogP contribution is -2.39. The van der Waals surface area contributed by atoms with Gasteiger partial charge in [-0.05, 0) is 44.5 Å². The molecule has 4 aromatic rings. The highest BCUT2D eigenvalue weighted by Gasteiger charge is 2.36. The fraction of sp³-hybridized carbons (Fsp3) is 0.276. The molecule has 1 aliphatic heterocycles. The zero-order valence-electron chi connectivity index (χ0n) is 23.0. The first-order valence-corrected chi connectivity index (χ1v) is 13.2. The van der Waals surface area contributed by atoms with Crippen molar-refractivity contribution in [1.29, 1.82) is 0 Å². The van der Waals surface area contributed by atoms with Gasteiger partial charge in [0.2, 0.25) is 11.9 Å². The van der Waals surface area contributed by atoms with Crippen molar-refractivity contribution in [1.82, 2.24) is 24.6 Å². The van der Waals surface area contributed by atoms with Gasteiger partial charge in [0.1, 0.15) is 30.2 Å². The van der Waals surface area contributed by atoms with Crippen LogP contribution in [0.2, 0.25) is 0 Å². The molecule has 1 atom stereocenters. The average molecular weight is 558 g/mol. The molecule has 1 aliphatic rings. The summed E-state index contributed by atoms with van der Waals surface area (Å²) in [6, 6.07) is 14.2. The van der Waals surface area contributed by atoms with Crippen molar-refractivity contribution < 1.29 is 23.9 Å². The predicted molar refractivity (Wildman–Crippen MR) is 152 cm³/mol. The van der Waals surface area contributed by atoms with Crippen LogP contribution in [0.3, 0.4) is 0 Å². The Bertz CT molecular complexity index is 1660. The van der Waals surface area contributed by atoms with E-state index in [1.165, 1.54) is 0 Å². The van der Waals surface area contributed by atoms with Gasteiger partial charge in [0.05, 0.1) is 16.7 Å². The van der Waals surface area contributed by atoms with Crippen LogP contribution in [-0.4, -0.2) is 50.4 Å². The Kier molecular flexibility index (Phi) is 7.47. The third-order valence-corrected chi connectivity index (χ3v) is 6.75. The topological polar surface area (TPSA) is 155 Å². The second-order valence-corrected chi connectivity index (χ2v) is 9.91. The van der Waals surface area contributed by atoms with Crippen LogP contribution < -0.4 is 21.1 Å². The van der Waals surface area contributed by atoms with Crippen LogP contribution in [0.4, 0.5) is 10.7 Å². The molecule has 4 N–H and O–H groups in total. The Morgan fingerprint density at radius 1 is 1.20 bits per heavy atom. The molecule has 0 aliphatic carbocycles. The van der Waals surface area contributed by atoms with Crippen molar-refractivity contribution in [3.05, 3.63) is 83.2 Å². The minimum atomic E-state index is -0.810. The molecule has 0 saturated heterocycles. The first-order chi connectivity index (χ1) is 19.7. The minimum absolute atomic E-state index is 0.164. The fourth-order valence-corrected chi connectivity index (χ4v) is 4.78. The predicted octanol–water partition coefficient (Wildman–Crippen LogP) is 3.50. The molecular weight excluding hydrogens is 526 g/mol. The molecule has 5 rings (SSSR count). The maximum Gasteiger partial charge on any atom is 0.407 e. The van der Waals surface area contributed by atoms with Gasteiger partial charge >= 0.3 is 6.09 Å². The number of nitrogens with two attached hydrogens (primary N) is 1. The number of carbonyl (C=O) groups is 3. The van der Waals surface area contributed by atoms with Crippen molar-refractivity contribution in [2.75, 3.05) is 18.5 Å². The quantitative estimate of drug-likeness (QED) is 0.266. The number of alkyl carbamates (subject to hydrolysis) is 1. The standard InChI is InChI=1S/C29H31N7O5/c1-4-35-22(13-18(2)34-35)26(38)33-27-32-21-14-20(25(30)37)15-23-24(21)36(27)29(3,17-41-23)11-8-12-31-28(39)40-16-19-9-6-5-7-10-19/h5-11,13-15H,4,12,16-17H2,1-3H3,(H2,30,37)(H,31,39)(H,32,33,38)/b11-8+/t29-/m0/s1. The van der Waals surface area contributed by atoms with Crippen LogP contribution in [0.1, 0.15) is 46.0 Å². The normalized spacial score (nSPS) is 16.0. The van der Waals surface area contributed by atoms with E-state index in [1.807, 2.05) is 61.7 Å². The van der Waals surface area contributed by atoms with Crippen molar-refractivity contribution >= 4 is 34.9 Å². The molecule has 2 aromatic heterocycles. The Morgan fingerprint density at radius 3 is 2.71 bits per heavy atom. The maximum absolute atomic E-state index is 13.3. The molecule has 0 spiro atoms. The summed E-state index contributed by atoms with van der Waals surface area (Å²) in [6.07, 6.45) is 3.10. The smallest absolute Gasteiger partial charge is 0.407 e. The van der Waals surface area contributed by atoms with Gasteiger partial charge in [0.15, 0.2) is 0 Å². The van der Waals surface area contributed by atoms with E-state index in [9.17, 15) is 14.4 Å². The second-order valence-electron chi connectivity index (χ2n) is 9.91. The van der Waals surface area contributed by atoms with E-state index in [-0.39, 0.29) is 37.2 Å². The molecule has 0 unspecified atom stereocenters. The first-order valence-electron chi connectivity index (χ1n) is 13.2. The van der Waals surface area contributed by atoms with Crippen molar-refractivity contribution in [3.8, 4) is 5.75 Å². The zero-order chi connectivity index (χ0) is 29.1. The molecule has 0 radical (unpaired) electrons. The summed E-state index contributed by atoms with van der Waals surface area (Å²) in [4.78, 5) is 42.1. The van der Waals surface area contributed by atoms with Gasteiger partial charge < -0.3 is 20.5 Å². The number of rotatable bonds is 9. The van der Waals surface area contributed by atoms with Gasteiger partial charge in [-0.25, -0.2) is 9.78 Å². The number of hydrogen-bond acceptors (Lipinski definition) is 7. The fourth-order valence-electron chi connectivity index (χ4n) is 4.78. The molecule has 12 nitrogen and oxygen atoms in total. The van der Waals surface area contributed by atoms with Gasteiger partial charge in [-0.2, -0.15) is 5.10 Å². The van der Waals surface area contributed by atoms with Crippen molar-refractivity contribution in [2.45, 2.75) is 39.5 Å².